The standard InChI is InChI=1S/C20H17N3O5/c1-12(6-7-24)17-8-14-9-18-19(28-11-27-18)10-16(14)20(22-21-17)13-2-4-15(5-3-13)23(25)26/h2-7,9-10,12,24H,8,11H2,1H3. The number of aliphatic hydroxyl groups is 1. The molecule has 28 heavy (non-hydrogen) atoms. The lowest BCUT2D eigenvalue weighted by atomic mass is 9.91. The van der Waals surface area contributed by atoms with Crippen LogP contribution in [0.4, 0.5) is 5.69 Å². The van der Waals surface area contributed by atoms with Crippen LogP contribution in [-0.2, 0) is 6.42 Å². The van der Waals surface area contributed by atoms with Crippen LogP contribution in [0.1, 0.15) is 23.6 Å². The molecule has 0 radical (unpaired) electrons. The van der Waals surface area contributed by atoms with E-state index in [9.17, 15) is 10.1 Å². The normalized spacial score (nSPS) is 16.2. The van der Waals surface area contributed by atoms with Gasteiger partial charge in [0.15, 0.2) is 11.5 Å². The van der Waals surface area contributed by atoms with Crippen molar-refractivity contribution < 1.29 is 19.5 Å². The topological polar surface area (TPSA) is 107 Å². The van der Waals surface area contributed by atoms with E-state index in [-0.39, 0.29) is 18.4 Å². The molecule has 142 valence electrons. The highest BCUT2D eigenvalue weighted by Crippen LogP contribution is 2.37. The van der Waals surface area contributed by atoms with Crippen molar-refractivity contribution in [3.63, 3.8) is 0 Å². The van der Waals surface area contributed by atoms with Crippen LogP contribution in [-0.4, -0.2) is 28.2 Å². The molecule has 0 aromatic heterocycles. The summed E-state index contributed by atoms with van der Waals surface area (Å²) in [5.74, 6) is 1.18. The van der Waals surface area contributed by atoms with E-state index in [0.717, 1.165) is 23.1 Å². The molecule has 0 spiro atoms. The molecular formula is C20H17N3O5. The second-order valence-electron chi connectivity index (χ2n) is 6.51. The summed E-state index contributed by atoms with van der Waals surface area (Å²) >= 11 is 0. The number of hydrogen-bond donors (Lipinski definition) is 1. The smallest absolute Gasteiger partial charge is 0.269 e. The largest absolute Gasteiger partial charge is 0.516 e. The average Bonchev–Trinajstić information content (AvgIpc) is 3.06. The summed E-state index contributed by atoms with van der Waals surface area (Å²) < 4.78 is 11.0. The van der Waals surface area contributed by atoms with Crippen molar-refractivity contribution in [3.05, 3.63) is 75.5 Å². The quantitative estimate of drug-likeness (QED) is 0.494. The molecule has 0 aliphatic carbocycles. The molecular weight excluding hydrogens is 362 g/mol. The molecule has 2 heterocycles. The fourth-order valence-electron chi connectivity index (χ4n) is 3.20. The summed E-state index contributed by atoms with van der Waals surface area (Å²) in [5, 5.41) is 28.9. The van der Waals surface area contributed by atoms with Crippen LogP contribution in [0.15, 0.2) is 58.9 Å². The summed E-state index contributed by atoms with van der Waals surface area (Å²) in [6.45, 7) is 2.08. The number of rotatable bonds is 4. The Labute approximate surface area is 160 Å². The first-order valence-electron chi connectivity index (χ1n) is 8.70. The maximum absolute atomic E-state index is 10.9. The Bertz CT molecular complexity index is 1020. The van der Waals surface area contributed by atoms with Gasteiger partial charge in [0.2, 0.25) is 6.79 Å². The van der Waals surface area contributed by atoms with E-state index in [2.05, 4.69) is 10.2 Å². The Morgan fingerprint density at radius 1 is 1.18 bits per heavy atom. The summed E-state index contributed by atoms with van der Waals surface area (Å²) in [6.07, 6.45) is 3.16. The van der Waals surface area contributed by atoms with Crippen molar-refractivity contribution in [1.82, 2.24) is 0 Å². The van der Waals surface area contributed by atoms with Crippen LogP contribution < -0.4 is 9.47 Å². The van der Waals surface area contributed by atoms with E-state index in [4.69, 9.17) is 14.6 Å². The number of aliphatic hydroxyl groups excluding tert-OH is 1. The van der Waals surface area contributed by atoms with Gasteiger partial charge in [-0.3, -0.25) is 10.1 Å². The number of nitro groups is 1. The highest BCUT2D eigenvalue weighted by Gasteiger charge is 2.25. The molecule has 0 amide bonds. The van der Waals surface area contributed by atoms with Gasteiger partial charge in [0, 0.05) is 35.6 Å². The number of nitro benzene ring substituents is 1. The van der Waals surface area contributed by atoms with Gasteiger partial charge in [0.05, 0.1) is 16.9 Å². The number of fused-ring (bicyclic) bond motifs is 2. The number of benzene rings is 2. The Hall–Kier alpha value is -3.68. The van der Waals surface area contributed by atoms with Crippen molar-refractivity contribution >= 4 is 17.1 Å². The fourth-order valence-corrected chi connectivity index (χ4v) is 3.20. The zero-order chi connectivity index (χ0) is 19.7. The van der Waals surface area contributed by atoms with Crippen LogP contribution in [0, 0.1) is 16.0 Å². The monoisotopic (exact) mass is 379 g/mol. The van der Waals surface area contributed by atoms with Gasteiger partial charge >= 0.3 is 0 Å². The number of hydrogen-bond acceptors (Lipinski definition) is 7. The van der Waals surface area contributed by atoms with Gasteiger partial charge in [-0.05, 0) is 35.9 Å². The molecule has 2 aromatic carbocycles. The fraction of sp³-hybridized carbons (Fsp3) is 0.200. The molecule has 2 aromatic rings. The van der Waals surface area contributed by atoms with Gasteiger partial charge in [0.1, 0.15) is 5.71 Å². The maximum atomic E-state index is 10.9. The van der Waals surface area contributed by atoms with Gasteiger partial charge in [-0.2, -0.15) is 5.10 Å². The van der Waals surface area contributed by atoms with Crippen molar-refractivity contribution in [1.29, 1.82) is 0 Å². The molecule has 0 bridgehead atoms. The van der Waals surface area contributed by atoms with E-state index in [1.165, 1.54) is 12.1 Å². The molecule has 0 fully saturated rings. The van der Waals surface area contributed by atoms with Crippen LogP contribution >= 0.6 is 0 Å². The van der Waals surface area contributed by atoms with Crippen molar-refractivity contribution in [2.45, 2.75) is 13.3 Å². The van der Waals surface area contributed by atoms with E-state index in [0.29, 0.717) is 29.2 Å². The Morgan fingerprint density at radius 3 is 2.57 bits per heavy atom. The molecule has 8 nitrogen and oxygen atoms in total. The third kappa shape index (κ3) is 3.20. The lowest BCUT2D eigenvalue weighted by molar-refractivity contribution is -0.384. The Kier molecular flexibility index (Phi) is 4.52. The maximum Gasteiger partial charge on any atom is 0.269 e. The number of ether oxygens (including phenoxy) is 2. The van der Waals surface area contributed by atoms with Crippen molar-refractivity contribution in [2.75, 3.05) is 6.79 Å². The number of nitrogens with zero attached hydrogens (tertiary/aromatic N) is 3. The number of non-ortho nitro benzene ring substituents is 1. The summed E-state index contributed by atoms with van der Waals surface area (Å²) in [6, 6.07) is 9.97. The van der Waals surface area contributed by atoms with E-state index < -0.39 is 4.92 Å². The minimum atomic E-state index is -0.441. The Balaban J connectivity index is 1.84. The van der Waals surface area contributed by atoms with Crippen molar-refractivity contribution in [2.24, 2.45) is 16.1 Å². The molecule has 0 saturated heterocycles. The van der Waals surface area contributed by atoms with E-state index in [1.807, 2.05) is 19.1 Å². The van der Waals surface area contributed by atoms with Gasteiger partial charge in [-0.1, -0.05) is 6.92 Å². The SMILES string of the molecule is CC(C=CO)C1=NN=C(c2ccc([N+](=O)[O-])cc2)c2cc3c(cc2C1)OCO3. The zero-order valence-electron chi connectivity index (χ0n) is 15.0. The molecule has 4 rings (SSSR count). The summed E-state index contributed by atoms with van der Waals surface area (Å²) in [5.41, 5.74) is 3.88. The molecule has 2 aliphatic heterocycles. The minimum Gasteiger partial charge on any atom is -0.516 e. The highest BCUT2D eigenvalue weighted by molar-refractivity contribution is 6.15. The van der Waals surface area contributed by atoms with Crippen LogP contribution in [0.5, 0.6) is 11.5 Å². The summed E-state index contributed by atoms with van der Waals surface area (Å²) in [7, 11) is 0. The van der Waals surface area contributed by atoms with Gasteiger partial charge in [-0.15, -0.1) is 5.10 Å². The predicted molar refractivity (Wildman–Crippen MR) is 103 cm³/mol. The molecule has 8 heteroatoms. The number of allylic oxidation sites excluding steroid dienone is 1. The first-order valence-corrected chi connectivity index (χ1v) is 8.70. The lowest BCUT2D eigenvalue weighted by Crippen LogP contribution is -2.12. The predicted octanol–water partition coefficient (Wildman–Crippen LogP) is 3.78. The van der Waals surface area contributed by atoms with Crippen molar-refractivity contribution in [3.8, 4) is 11.5 Å². The molecule has 1 unspecified atom stereocenters. The van der Waals surface area contributed by atoms with Crippen LogP contribution in [0.25, 0.3) is 0 Å². The summed E-state index contributed by atoms with van der Waals surface area (Å²) in [4.78, 5) is 10.5. The van der Waals surface area contributed by atoms with Gasteiger partial charge in [0.25, 0.3) is 5.69 Å². The lowest BCUT2D eigenvalue weighted by Gasteiger charge is -2.12. The average molecular weight is 379 g/mol. The van der Waals surface area contributed by atoms with Gasteiger partial charge in [-0.25, -0.2) is 0 Å². The third-order valence-electron chi connectivity index (χ3n) is 4.76. The van der Waals surface area contributed by atoms with E-state index >= 15 is 0 Å². The second-order valence-corrected chi connectivity index (χ2v) is 6.51. The highest BCUT2D eigenvalue weighted by atomic mass is 16.7. The third-order valence-corrected chi connectivity index (χ3v) is 4.76. The molecule has 1 N–H and O–H groups in total. The van der Waals surface area contributed by atoms with Crippen LogP contribution in [0.2, 0.25) is 0 Å². The first kappa shape index (κ1) is 17.7. The molecule has 1 atom stereocenters. The van der Waals surface area contributed by atoms with Gasteiger partial charge < -0.3 is 14.6 Å². The van der Waals surface area contributed by atoms with Crippen LogP contribution in [0.3, 0.4) is 0 Å². The molecule has 2 aliphatic rings. The molecule has 0 saturated carbocycles. The van der Waals surface area contributed by atoms with E-state index in [1.54, 1.807) is 18.2 Å². The Morgan fingerprint density at radius 2 is 1.89 bits per heavy atom. The first-order chi connectivity index (χ1) is 13.6. The minimum absolute atomic E-state index is 0.00905. The zero-order valence-corrected chi connectivity index (χ0v) is 15.0. The second kappa shape index (κ2) is 7.15.